The van der Waals surface area contributed by atoms with Crippen molar-refractivity contribution in [2.24, 2.45) is 0 Å². The van der Waals surface area contributed by atoms with Gasteiger partial charge < -0.3 is 5.32 Å². The number of aromatic amines is 1. The summed E-state index contributed by atoms with van der Waals surface area (Å²) in [4.78, 5) is 12.4. The number of amides is 1. The van der Waals surface area contributed by atoms with Gasteiger partial charge in [0.2, 0.25) is 5.91 Å². The fourth-order valence-corrected chi connectivity index (χ4v) is 1.66. The van der Waals surface area contributed by atoms with Gasteiger partial charge in [0.15, 0.2) is 0 Å². The lowest BCUT2D eigenvalue weighted by atomic mass is 10.4. The minimum Gasteiger partial charge on any atom is -0.307 e. The van der Waals surface area contributed by atoms with Crippen LogP contribution in [0.1, 0.15) is 4.88 Å². The number of carbonyl (C=O) groups is 1. The average Bonchev–Trinajstić information content (AvgIpc) is 2.86. The van der Waals surface area contributed by atoms with Crippen LogP contribution in [0.15, 0.2) is 35.9 Å². The topological polar surface area (TPSA) is 57.8 Å². The summed E-state index contributed by atoms with van der Waals surface area (Å²) in [6, 6.07) is 5.58. The highest BCUT2D eigenvalue weighted by molar-refractivity contribution is 7.10. The van der Waals surface area contributed by atoms with Crippen LogP contribution in [0.5, 0.6) is 0 Å². The van der Waals surface area contributed by atoms with Gasteiger partial charge in [-0.1, -0.05) is 6.07 Å². The van der Waals surface area contributed by atoms with Crippen molar-refractivity contribution < 1.29 is 4.79 Å². The Bertz CT molecular complexity index is 445. The zero-order valence-corrected chi connectivity index (χ0v) is 8.62. The SMILES string of the molecule is O=C(/C=C/c1cccs1)Nc1ccn[nH]1. The molecular formula is C10H9N3OS. The predicted molar refractivity (Wildman–Crippen MR) is 60.6 cm³/mol. The normalized spacial score (nSPS) is 10.7. The fourth-order valence-electron chi connectivity index (χ4n) is 1.04. The lowest BCUT2D eigenvalue weighted by Gasteiger charge is -1.95. The minimum absolute atomic E-state index is 0.173. The number of nitrogens with one attached hydrogen (secondary N) is 2. The van der Waals surface area contributed by atoms with Crippen molar-refractivity contribution in [3.05, 3.63) is 40.7 Å². The molecule has 0 saturated carbocycles. The molecule has 0 radical (unpaired) electrons. The van der Waals surface area contributed by atoms with E-state index in [0.29, 0.717) is 5.82 Å². The summed E-state index contributed by atoms with van der Waals surface area (Å²) >= 11 is 1.59. The Morgan fingerprint density at radius 1 is 1.53 bits per heavy atom. The second-order valence-corrected chi connectivity index (χ2v) is 3.79. The van der Waals surface area contributed by atoms with Crippen LogP contribution in [0.3, 0.4) is 0 Å². The quantitative estimate of drug-likeness (QED) is 0.777. The number of thiophene rings is 1. The number of hydrogen-bond acceptors (Lipinski definition) is 3. The molecule has 2 heterocycles. The molecule has 2 N–H and O–H groups in total. The monoisotopic (exact) mass is 219 g/mol. The van der Waals surface area contributed by atoms with E-state index in [1.165, 1.54) is 6.08 Å². The summed E-state index contributed by atoms with van der Waals surface area (Å²) in [7, 11) is 0. The van der Waals surface area contributed by atoms with E-state index in [9.17, 15) is 4.79 Å². The molecule has 2 rings (SSSR count). The summed E-state index contributed by atoms with van der Waals surface area (Å²) in [6.07, 6.45) is 4.85. The van der Waals surface area contributed by atoms with Crippen LogP contribution >= 0.6 is 11.3 Å². The highest BCUT2D eigenvalue weighted by Gasteiger charge is 1.97. The number of carbonyl (C=O) groups excluding carboxylic acids is 1. The summed E-state index contributed by atoms with van der Waals surface area (Å²) in [5.74, 6) is 0.420. The smallest absolute Gasteiger partial charge is 0.249 e. The van der Waals surface area contributed by atoms with Crippen LogP contribution in [0.2, 0.25) is 0 Å². The second kappa shape index (κ2) is 4.56. The van der Waals surface area contributed by atoms with Gasteiger partial charge in [-0.05, 0) is 17.5 Å². The molecule has 0 atom stereocenters. The van der Waals surface area contributed by atoms with Crippen LogP contribution in [-0.4, -0.2) is 16.1 Å². The van der Waals surface area contributed by atoms with Crippen molar-refractivity contribution >= 4 is 29.1 Å². The molecule has 0 aliphatic heterocycles. The Labute approximate surface area is 90.6 Å². The van der Waals surface area contributed by atoms with E-state index in [4.69, 9.17) is 0 Å². The maximum absolute atomic E-state index is 11.4. The Kier molecular flexibility index (Phi) is 2.94. The predicted octanol–water partition coefficient (Wildman–Crippen LogP) is 2.12. The molecule has 1 amide bonds. The van der Waals surface area contributed by atoms with E-state index in [1.807, 2.05) is 17.5 Å². The fraction of sp³-hybridized carbons (Fsp3) is 0. The van der Waals surface area contributed by atoms with Crippen LogP contribution in [0, 0.1) is 0 Å². The van der Waals surface area contributed by atoms with Gasteiger partial charge in [0.1, 0.15) is 5.82 Å². The zero-order valence-electron chi connectivity index (χ0n) is 7.81. The molecule has 4 nitrogen and oxygen atoms in total. The van der Waals surface area contributed by atoms with Crippen LogP contribution in [0.25, 0.3) is 6.08 Å². The van der Waals surface area contributed by atoms with Gasteiger partial charge in [-0.2, -0.15) is 5.10 Å². The molecule has 2 aromatic heterocycles. The van der Waals surface area contributed by atoms with E-state index < -0.39 is 0 Å². The highest BCUT2D eigenvalue weighted by atomic mass is 32.1. The first kappa shape index (κ1) is 9.67. The third-order valence-corrected chi connectivity index (χ3v) is 2.54. The molecule has 0 aliphatic carbocycles. The largest absolute Gasteiger partial charge is 0.307 e. The maximum Gasteiger partial charge on any atom is 0.249 e. The summed E-state index contributed by atoms with van der Waals surface area (Å²) < 4.78 is 0. The van der Waals surface area contributed by atoms with Crippen molar-refractivity contribution in [3.63, 3.8) is 0 Å². The van der Waals surface area contributed by atoms with Gasteiger partial charge in [0.25, 0.3) is 0 Å². The standard InChI is InChI=1S/C10H9N3OS/c14-10(12-9-5-6-11-13-9)4-3-8-2-1-7-15-8/h1-7H,(H2,11,12,13,14)/b4-3+. The third-order valence-electron chi connectivity index (χ3n) is 1.70. The molecule has 0 aliphatic rings. The van der Waals surface area contributed by atoms with E-state index >= 15 is 0 Å². The van der Waals surface area contributed by atoms with Crippen molar-refractivity contribution in [3.8, 4) is 0 Å². The summed E-state index contributed by atoms with van der Waals surface area (Å²) in [5, 5.41) is 11.0. The molecule has 0 unspecified atom stereocenters. The van der Waals surface area contributed by atoms with Gasteiger partial charge in [0.05, 0.1) is 6.20 Å². The van der Waals surface area contributed by atoms with Gasteiger partial charge in [-0.25, -0.2) is 0 Å². The van der Waals surface area contributed by atoms with Crippen molar-refractivity contribution in [2.75, 3.05) is 5.32 Å². The number of H-pyrrole nitrogens is 1. The van der Waals surface area contributed by atoms with Crippen LogP contribution in [-0.2, 0) is 4.79 Å². The number of nitrogens with zero attached hydrogens (tertiary/aromatic N) is 1. The molecular weight excluding hydrogens is 210 g/mol. The van der Waals surface area contributed by atoms with Gasteiger partial charge in [-0.15, -0.1) is 11.3 Å². The van der Waals surface area contributed by atoms with Crippen LogP contribution in [0.4, 0.5) is 5.82 Å². The summed E-state index contributed by atoms with van der Waals surface area (Å²) in [5.41, 5.74) is 0. The zero-order chi connectivity index (χ0) is 10.5. The maximum atomic E-state index is 11.4. The lowest BCUT2D eigenvalue weighted by molar-refractivity contribution is -0.111. The molecule has 0 spiro atoms. The molecule has 15 heavy (non-hydrogen) atoms. The van der Waals surface area contributed by atoms with E-state index in [0.717, 1.165) is 4.88 Å². The molecule has 2 aromatic rings. The highest BCUT2D eigenvalue weighted by Crippen LogP contribution is 2.10. The van der Waals surface area contributed by atoms with Crippen LogP contribution < -0.4 is 5.32 Å². The van der Waals surface area contributed by atoms with Crippen molar-refractivity contribution in [1.29, 1.82) is 0 Å². The van der Waals surface area contributed by atoms with Gasteiger partial charge in [0, 0.05) is 17.0 Å². The minimum atomic E-state index is -0.173. The number of rotatable bonds is 3. The first-order valence-corrected chi connectivity index (χ1v) is 5.24. The molecule has 0 aromatic carbocycles. The molecule has 0 fully saturated rings. The number of anilines is 1. The summed E-state index contributed by atoms with van der Waals surface area (Å²) in [6.45, 7) is 0. The molecule has 5 heteroatoms. The van der Waals surface area contributed by atoms with Gasteiger partial charge in [-0.3, -0.25) is 9.89 Å². The first-order chi connectivity index (χ1) is 7.34. The Hall–Kier alpha value is -1.88. The van der Waals surface area contributed by atoms with Crippen molar-refractivity contribution in [2.45, 2.75) is 0 Å². The number of aromatic nitrogens is 2. The molecule has 0 saturated heterocycles. The Morgan fingerprint density at radius 3 is 3.13 bits per heavy atom. The molecule has 0 bridgehead atoms. The van der Waals surface area contributed by atoms with E-state index in [-0.39, 0.29) is 5.91 Å². The number of hydrogen-bond donors (Lipinski definition) is 2. The third kappa shape index (κ3) is 2.78. The second-order valence-electron chi connectivity index (χ2n) is 2.81. The van der Waals surface area contributed by atoms with Crippen molar-refractivity contribution in [1.82, 2.24) is 10.2 Å². The van der Waals surface area contributed by atoms with E-state index in [2.05, 4.69) is 15.5 Å². The molecule has 76 valence electrons. The first-order valence-electron chi connectivity index (χ1n) is 4.36. The van der Waals surface area contributed by atoms with E-state index in [1.54, 1.807) is 29.7 Å². The lowest BCUT2D eigenvalue weighted by Crippen LogP contribution is -2.07. The van der Waals surface area contributed by atoms with Gasteiger partial charge >= 0.3 is 0 Å². The Morgan fingerprint density at radius 2 is 2.47 bits per heavy atom. The average molecular weight is 219 g/mol. The Balaban J connectivity index is 1.93.